The first kappa shape index (κ1) is 17.6. The lowest BCUT2D eigenvalue weighted by Gasteiger charge is -2.27. The highest BCUT2D eigenvalue weighted by atomic mass is 32.2. The van der Waals surface area contributed by atoms with Crippen LogP contribution in [0.2, 0.25) is 0 Å². The van der Waals surface area contributed by atoms with Crippen molar-refractivity contribution in [1.29, 1.82) is 0 Å². The summed E-state index contributed by atoms with van der Waals surface area (Å²) in [6.45, 7) is 4.63. The van der Waals surface area contributed by atoms with E-state index in [4.69, 9.17) is 5.11 Å². The number of nitrogens with zero attached hydrogens (tertiary/aromatic N) is 1. The van der Waals surface area contributed by atoms with Gasteiger partial charge in [-0.05, 0) is 55.5 Å². The highest BCUT2D eigenvalue weighted by Crippen LogP contribution is 2.19. The third-order valence-corrected chi connectivity index (χ3v) is 4.48. The summed E-state index contributed by atoms with van der Waals surface area (Å²) < 4.78 is 0. The first-order valence-electron chi connectivity index (χ1n) is 7.69. The van der Waals surface area contributed by atoms with Gasteiger partial charge in [0, 0.05) is 23.0 Å². The number of carbonyl (C=O) groups excluding carboxylic acids is 1. The van der Waals surface area contributed by atoms with Crippen LogP contribution in [0.5, 0.6) is 0 Å². The van der Waals surface area contributed by atoms with Crippen LogP contribution in [0.4, 0.5) is 0 Å². The molecule has 122 valence electrons. The molecule has 0 bridgehead atoms. The van der Waals surface area contributed by atoms with E-state index >= 15 is 0 Å². The number of benzene rings is 2. The molecule has 0 heterocycles. The van der Waals surface area contributed by atoms with Gasteiger partial charge in [0.05, 0.1) is 6.61 Å². The van der Waals surface area contributed by atoms with E-state index in [9.17, 15) is 4.79 Å². The predicted octanol–water partition coefficient (Wildman–Crippen LogP) is 3.95. The quantitative estimate of drug-likeness (QED) is 0.816. The minimum atomic E-state index is -0.0101. The Balaban J connectivity index is 2.20. The third kappa shape index (κ3) is 4.60. The summed E-state index contributed by atoms with van der Waals surface area (Å²) >= 11 is 1.70. The van der Waals surface area contributed by atoms with E-state index < -0.39 is 0 Å². The molecule has 2 aromatic carbocycles. The molecule has 0 saturated carbocycles. The van der Waals surface area contributed by atoms with Gasteiger partial charge < -0.3 is 10.0 Å². The number of amides is 1. The van der Waals surface area contributed by atoms with E-state index in [2.05, 4.69) is 18.2 Å². The number of hydrogen-bond acceptors (Lipinski definition) is 3. The first-order valence-corrected chi connectivity index (χ1v) is 8.91. The van der Waals surface area contributed by atoms with Crippen molar-refractivity contribution in [2.75, 3.05) is 6.26 Å². The molecule has 1 amide bonds. The minimum Gasteiger partial charge on any atom is -0.392 e. The summed E-state index contributed by atoms with van der Waals surface area (Å²) in [5.74, 6) is 0.0130. The molecule has 0 radical (unpaired) electrons. The van der Waals surface area contributed by atoms with Crippen molar-refractivity contribution in [3.63, 3.8) is 0 Å². The van der Waals surface area contributed by atoms with E-state index in [0.29, 0.717) is 12.1 Å². The molecule has 3 nitrogen and oxygen atoms in total. The van der Waals surface area contributed by atoms with Gasteiger partial charge >= 0.3 is 0 Å². The van der Waals surface area contributed by atoms with Gasteiger partial charge in [-0.2, -0.15) is 0 Å². The number of thioether (sulfide) groups is 1. The topological polar surface area (TPSA) is 40.5 Å². The maximum atomic E-state index is 12.8. The monoisotopic (exact) mass is 329 g/mol. The summed E-state index contributed by atoms with van der Waals surface area (Å²) in [7, 11) is 0. The lowest BCUT2D eigenvalue weighted by molar-refractivity contribution is 0.0690. The molecule has 0 atom stereocenters. The van der Waals surface area contributed by atoms with Crippen LogP contribution < -0.4 is 0 Å². The zero-order valence-corrected chi connectivity index (χ0v) is 14.6. The number of rotatable bonds is 6. The van der Waals surface area contributed by atoms with Gasteiger partial charge in [-0.1, -0.05) is 24.3 Å². The Kier molecular flexibility index (Phi) is 6.25. The Hall–Kier alpha value is -1.78. The molecular formula is C19H23NO2S. The molecule has 2 aromatic rings. The van der Waals surface area contributed by atoms with Crippen molar-refractivity contribution in [2.24, 2.45) is 0 Å². The lowest BCUT2D eigenvalue weighted by atomic mass is 10.1. The molecular weight excluding hydrogens is 306 g/mol. The third-order valence-electron chi connectivity index (χ3n) is 3.75. The van der Waals surface area contributed by atoms with Crippen LogP contribution in [0.1, 0.15) is 35.3 Å². The first-order chi connectivity index (χ1) is 11.0. The molecule has 0 unspecified atom stereocenters. The second-order valence-corrected chi connectivity index (χ2v) is 6.61. The fourth-order valence-electron chi connectivity index (χ4n) is 2.37. The molecule has 0 fully saturated rings. The van der Waals surface area contributed by atoms with Crippen LogP contribution in [-0.4, -0.2) is 28.2 Å². The van der Waals surface area contributed by atoms with Crippen molar-refractivity contribution in [3.8, 4) is 0 Å². The van der Waals surface area contributed by atoms with Gasteiger partial charge in [-0.25, -0.2) is 0 Å². The highest BCUT2D eigenvalue weighted by molar-refractivity contribution is 7.98. The average Bonchev–Trinajstić information content (AvgIpc) is 2.59. The molecule has 0 aromatic heterocycles. The second-order valence-electron chi connectivity index (χ2n) is 5.73. The fourth-order valence-corrected chi connectivity index (χ4v) is 2.86. The zero-order chi connectivity index (χ0) is 16.8. The largest absolute Gasteiger partial charge is 0.392 e. The van der Waals surface area contributed by atoms with Gasteiger partial charge in [0.2, 0.25) is 0 Å². The smallest absolute Gasteiger partial charge is 0.254 e. The van der Waals surface area contributed by atoms with Gasteiger partial charge in [-0.3, -0.25) is 4.79 Å². The van der Waals surface area contributed by atoms with E-state index in [-0.39, 0.29) is 18.6 Å². The Morgan fingerprint density at radius 1 is 1.13 bits per heavy atom. The normalized spacial score (nSPS) is 10.8. The van der Waals surface area contributed by atoms with Gasteiger partial charge in [0.15, 0.2) is 0 Å². The molecule has 0 saturated heterocycles. The molecule has 23 heavy (non-hydrogen) atoms. The van der Waals surface area contributed by atoms with Crippen molar-refractivity contribution in [1.82, 2.24) is 4.90 Å². The Bertz CT molecular complexity index is 653. The molecule has 2 rings (SSSR count). The summed E-state index contributed by atoms with van der Waals surface area (Å²) in [4.78, 5) is 15.9. The predicted molar refractivity (Wildman–Crippen MR) is 95.6 cm³/mol. The number of hydrogen-bond donors (Lipinski definition) is 1. The zero-order valence-electron chi connectivity index (χ0n) is 13.8. The molecule has 0 aliphatic heterocycles. The summed E-state index contributed by atoms with van der Waals surface area (Å²) in [5.41, 5.74) is 2.59. The number of aliphatic hydroxyl groups is 1. The van der Waals surface area contributed by atoms with Crippen LogP contribution >= 0.6 is 11.8 Å². The second kappa shape index (κ2) is 8.18. The molecule has 1 N–H and O–H groups in total. The van der Waals surface area contributed by atoms with Crippen LogP contribution in [0, 0.1) is 0 Å². The fraction of sp³-hybridized carbons (Fsp3) is 0.316. The minimum absolute atomic E-state index is 0.0101. The van der Waals surface area contributed by atoms with Crippen LogP contribution in [0.3, 0.4) is 0 Å². The standard InChI is InChI=1S/C19H23NO2S/c1-14(2)20(12-16-5-4-6-18(11-16)23-3)19(22)17-9-7-15(13-21)8-10-17/h4-11,14,21H,12-13H2,1-3H3. The van der Waals surface area contributed by atoms with E-state index in [1.54, 1.807) is 36.0 Å². The Morgan fingerprint density at radius 3 is 2.39 bits per heavy atom. The summed E-state index contributed by atoms with van der Waals surface area (Å²) in [6.07, 6.45) is 2.05. The van der Waals surface area contributed by atoms with Crippen LogP contribution in [-0.2, 0) is 13.2 Å². The molecule has 0 spiro atoms. The molecule has 4 heteroatoms. The van der Waals surface area contributed by atoms with Crippen molar-refractivity contribution in [3.05, 3.63) is 65.2 Å². The highest BCUT2D eigenvalue weighted by Gasteiger charge is 2.19. The lowest BCUT2D eigenvalue weighted by Crippen LogP contribution is -2.36. The van der Waals surface area contributed by atoms with Crippen molar-refractivity contribution >= 4 is 17.7 Å². The molecule has 0 aliphatic rings. The molecule has 0 aliphatic carbocycles. The van der Waals surface area contributed by atoms with E-state index in [1.165, 1.54) is 4.90 Å². The van der Waals surface area contributed by atoms with Crippen molar-refractivity contribution < 1.29 is 9.90 Å². The summed E-state index contributed by atoms with van der Waals surface area (Å²) in [6, 6.07) is 15.5. The van der Waals surface area contributed by atoms with E-state index in [0.717, 1.165) is 11.1 Å². The van der Waals surface area contributed by atoms with Crippen LogP contribution in [0.25, 0.3) is 0 Å². The average molecular weight is 329 g/mol. The van der Waals surface area contributed by atoms with Gasteiger partial charge in [-0.15, -0.1) is 11.8 Å². The van der Waals surface area contributed by atoms with Crippen molar-refractivity contribution in [2.45, 2.75) is 37.9 Å². The van der Waals surface area contributed by atoms with Crippen LogP contribution in [0.15, 0.2) is 53.4 Å². The SMILES string of the molecule is CSc1cccc(CN(C(=O)c2ccc(CO)cc2)C(C)C)c1. The van der Waals surface area contributed by atoms with Gasteiger partial charge in [0.1, 0.15) is 0 Å². The number of aliphatic hydroxyl groups excluding tert-OH is 1. The maximum absolute atomic E-state index is 12.8. The Morgan fingerprint density at radius 2 is 1.83 bits per heavy atom. The maximum Gasteiger partial charge on any atom is 0.254 e. The number of carbonyl (C=O) groups is 1. The van der Waals surface area contributed by atoms with Gasteiger partial charge in [0.25, 0.3) is 5.91 Å². The van der Waals surface area contributed by atoms with E-state index in [1.807, 2.05) is 31.1 Å². The summed E-state index contributed by atoms with van der Waals surface area (Å²) in [5, 5.41) is 9.11. The Labute approximate surface area is 142 Å².